The van der Waals surface area contributed by atoms with E-state index in [1.54, 1.807) is 7.11 Å². The van der Waals surface area contributed by atoms with Gasteiger partial charge in [-0.1, -0.05) is 24.3 Å². The number of H-pyrrole nitrogens is 1. The molecule has 3 aromatic rings. The summed E-state index contributed by atoms with van der Waals surface area (Å²) in [4.78, 5) is 15.4. The van der Waals surface area contributed by atoms with Crippen LogP contribution in [0.2, 0.25) is 0 Å². The summed E-state index contributed by atoms with van der Waals surface area (Å²) < 4.78 is 6.24. The molecule has 0 atom stereocenters. The van der Waals surface area contributed by atoms with E-state index in [-0.39, 0.29) is 12.5 Å². The summed E-state index contributed by atoms with van der Waals surface area (Å²) in [6.07, 6.45) is 0. The van der Waals surface area contributed by atoms with Crippen LogP contribution in [0.4, 0.5) is 5.69 Å². The number of nitrogens with zero attached hydrogens (tertiary/aromatic N) is 1. The fourth-order valence-corrected chi connectivity index (χ4v) is 3.04. The van der Waals surface area contributed by atoms with Gasteiger partial charge in [-0.3, -0.25) is 10.0 Å². The third kappa shape index (κ3) is 2.20. The summed E-state index contributed by atoms with van der Waals surface area (Å²) in [5.41, 5.74) is 3.50. The zero-order valence-corrected chi connectivity index (χ0v) is 13.0. The Labute approximate surface area is 138 Å². The highest BCUT2D eigenvalue weighted by Crippen LogP contribution is 2.31. The predicted octanol–water partition coefficient (Wildman–Crippen LogP) is 2.37. The molecule has 0 fully saturated rings. The van der Waals surface area contributed by atoms with Gasteiger partial charge in [-0.25, -0.2) is 0 Å². The molecule has 0 aliphatic carbocycles. The minimum absolute atomic E-state index is 0.149. The molecule has 0 radical (unpaired) electrons. The van der Waals surface area contributed by atoms with Gasteiger partial charge in [0.15, 0.2) is 0 Å². The molecule has 1 aliphatic heterocycles. The number of anilines is 1. The van der Waals surface area contributed by atoms with Crippen LogP contribution >= 0.6 is 0 Å². The van der Waals surface area contributed by atoms with Crippen LogP contribution in [-0.4, -0.2) is 40.2 Å². The Morgan fingerprint density at radius 3 is 2.83 bits per heavy atom. The maximum Gasteiger partial charge on any atom is 0.294 e. The molecule has 2 heterocycles. The van der Waals surface area contributed by atoms with E-state index < -0.39 is 0 Å². The number of fused-ring (bicyclic) bond motifs is 3. The number of benzene rings is 2. The second-order valence-corrected chi connectivity index (χ2v) is 5.61. The molecule has 1 amide bonds. The number of amides is 1. The number of aromatic nitrogens is 1. The topological polar surface area (TPSA) is 77.4 Å². The molecular weight excluding hydrogens is 306 g/mol. The molecule has 1 aromatic heterocycles. The fraction of sp³-hybridized carbons (Fsp3) is 0.111. The first kappa shape index (κ1) is 14.3. The second kappa shape index (κ2) is 5.42. The highest BCUT2D eigenvalue weighted by atomic mass is 16.5. The summed E-state index contributed by atoms with van der Waals surface area (Å²) in [6.45, 7) is -0.149. The van der Waals surface area contributed by atoms with Crippen molar-refractivity contribution in [2.24, 2.45) is 0 Å². The molecule has 0 saturated heterocycles. The number of nitrogens with one attached hydrogen (secondary N) is 2. The molecule has 0 saturated carbocycles. The number of ether oxygens (including phenoxy) is 1. The van der Waals surface area contributed by atoms with Crippen molar-refractivity contribution in [2.75, 3.05) is 19.0 Å². The average Bonchev–Trinajstić information content (AvgIpc) is 2.87. The Bertz CT molecular complexity index is 988. The molecule has 0 spiro atoms. The van der Waals surface area contributed by atoms with E-state index in [0.717, 1.165) is 21.2 Å². The molecule has 0 bridgehead atoms. The predicted molar refractivity (Wildman–Crippen MR) is 90.0 cm³/mol. The van der Waals surface area contributed by atoms with Crippen molar-refractivity contribution in [3.63, 3.8) is 0 Å². The van der Waals surface area contributed by atoms with Crippen LogP contribution in [-0.2, 0) is 4.79 Å². The third-order valence-corrected chi connectivity index (χ3v) is 4.10. The van der Waals surface area contributed by atoms with Crippen LogP contribution in [0.1, 0.15) is 11.3 Å². The Morgan fingerprint density at radius 1 is 1.17 bits per heavy atom. The zero-order chi connectivity index (χ0) is 16.7. The number of hydrogen-bond donors (Lipinski definition) is 3. The monoisotopic (exact) mass is 322 g/mol. The number of hydroxylamine groups is 1. The lowest BCUT2D eigenvalue weighted by Crippen LogP contribution is -2.26. The van der Waals surface area contributed by atoms with Gasteiger partial charge in [-0.15, -0.1) is 0 Å². The van der Waals surface area contributed by atoms with Crippen molar-refractivity contribution >= 4 is 28.2 Å². The van der Waals surface area contributed by atoms with Crippen LogP contribution in [0.5, 0.6) is 5.75 Å². The van der Waals surface area contributed by atoms with Crippen molar-refractivity contribution in [2.45, 2.75) is 0 Å². The van der Waals surface area contributed by atoms with Gasteiger partial charge >= 0.3 is 0 Å². The molecule has 6 nitrogen and oxygen atoms in total. The van der Waals surface area contributed by atoms with Crippen LogP contribution in [0.25, 0.3) is 10.9 Å². The number of aromatic amines is 1. The lowest BCUT2D eigenvalue weighted by Gasteiger charge is -2.04. The largest absolute Gasteiger partial charge is 0.497 e. The molecule has 6 heteroatoms. The highest BCUT2D eigenvalue weighted by Gasteiger charge is 2.32. The Morgan fingerprint density at radius 2 is 2.00 bits per heavy atom. The number of para-hydroxylation sites is 1. The first-order valence-electron chi connectivity index (χ1n) is 7.56. The van der Waals surface area contributed by atoms with Gasteiger partial charge in [0.1, 0.15) is 11.4 Å². The summed E-state index contributed by atoms with van der Waals surface area (Å²) in [6, 6.07) is 15.1. The summed E-state index contributed by atoms with van der Waals surface area (Å²) in [7, 11) is 1.59. The number of rotatable bonds is 2. The molecule has 120 valence electrons. The normalized spacial score (nSPS) is 14.3. The van der Waals surface area contributed by atoms with Gasteiger partial charge in [-0.05, 0) is 29.0 Å². The molecule has 3 N–H and O–H groups in total. The number of methoxy groups -OCH3 is 1. The van der Waals surface area contributed by atoms with E-state index in [0.29, 0.717) is 22.8 Å². The summed E-state index contributed by atoms with van der Waals surface area (Å²) >= 11 is 0. The van der Waals surface area contributed by atoms with Gasteiger partial charge in [0, 0.05) is 10.9 Å². The van der Waals surface area contributed by atoms with Crippen molar-refractivity contribution in [1.29, 1.82) is 0 Å². The van der Waals surface area contributed by atoms with Crippen molar-refractivity contribution in [1.82, 2.24) is 4.98 Å². The van der Waals surface area contributed by atoms with Crippen molar-refractivity contribution < 1.29 is 19.5 Å². The number of carbonyl (C=O) groups excluding carboxylic acids is 1. The standard InChI is InChI=1S/C18H15N3O3/c1-24-12-6-4-5-11(9-12)18-17-16(20-15(22)10-21(18)23)13-7-2-3-8-14(13)19-17/h2-9,23H,10H2,1H3,(H,19,20,22)/p+1. The summed E-state index contributed by atoms with van der Waals surface area (Å²) in [5, 5.41) is 14.3. The molecule has 4 rings (SSSR count). The van der Waals surface area contributed by atoms with Crippen LogP contribution in [0.15, 0.2) is 48.5 Å². The molecular formula is C18H16N3O3+. The maximum absolute atomic E-state index is 12.1. The van der Waals surface area contributed by atoms with E-state index in [1.165, 1.54) is 0 Å². The Kier molecular flexibility index (Phi) is 3.23. The minimum Gasteiger partial charge on any atom is -0.497 e. The Balaban J connectivity index is 2.01. The number of hydrogen-bond acceptors (Lipinski definition) is 3. The van der Waals surface area contributed by atoms with E-state index in [1.807, 2.05) is 48.5 Å². The first-order valence-corrected chi connectivity index (χ1v) is 7.56. The minimum atomic E-state index is -0.276. The lowest BCUT2D eigenvalue weighted by atomic mass is 10.1. The smallest absolute Gasteiger partial charge is 0.294 e. The van der Waals surface area contributed by atoms with Gasteiger partial charge in [0.05, 0.1) is 18.4 Å². The highest BCUT2D eigenvalue weighted by molar-refractivity contribution is 6.20. The van der Waals surface area contributed by atoms with Gasteiger partial charge in [-0.2, -0.15) is 0 Å². The molecule has 1 aliphatic rings. The van der Waals surface area contributed by atoms with Crippen LogP contribution in [0, 0.1) is 0 Å². The van der Waals surface area contributed by atoms with Gasteiger partial charge in [0.2, 0.25) is 0 Å². The van der Waals surface area contributed by atoms with Crippen molar-refractivity contribution in [3.05, 3.63) is 59.8 Å². The quantitative estimate of drug-likeness (QED) is 0.501. The molecule has 24 heavy (non-hydrogen) atoms. The number of carbonyl (C=O) groups is 1. The third-order valence-electron chi connectivity index (χ3n) is 4.10. The fourth-order valence-electron chi connectivity index (χ4n) is 3.04. The Hall–Kier alpha value is -3.28. The lowest BCUT2D eigenvalue weighted by molar-refractivity contribution is -0.765. The van der Waals surface area contributed by atoms with E-state index in [4.69, 9.17) is 4.74 Å². The maximum atomic E-state index is 12.1. The van der Waals surface area contributed by atoms with E-state index >= 15 is 0 Å². The van der Waals surface area contributed by atoms with Crippen molar-refractivity contribution in [3.8, 4) is 5.75 Å². The van der Waals surface area contributed by atoms with E-state index in [2.05, 4.69) is 10.3 Å². The summed E-state index contributed by atoms with van der Waals surface area (Å²) in [5.74, 6) is 0.399. The second-order valence-electron chi connectivity index (χ2n) is 5.61. The average molecular weight is 322 g/mol. The SMILES string of the molecule is COc1cccc(C2=[N+](O)CC(=O)Nc3c2[nH]c2ccccc32)c1. The molecule has 0 unspecified atom stereocenters. The van der Waals surface area contributed by atoms with E-state index in [9.17, 15) is 10.0 Å². The molecule has 2 aromatic carbocycles. The van der Waals surface area contributed by atoms with Gasteiger partial charge < -0.3 is 15.0 Å². The van der Waals surface area contributed by atoms with Gasteiger partial charge in [0.25, 0.3) is 18.2 Å². The van der Waals surface area contributed by atoms with Crippen LogP contribution < -0.4 is 10.1 Å². The van der Waals surface area contributed by atoms with Crippen LogP contribution in [0.3, 0.4) is 0 Å². The first-order chi connectivity index (χ1) is 11.7. The zero-order valence-electron chi connectivity index (χ0n) is 13.0.